The zero-order chi connectivity index (χ0) is 15.4. The molecule has 1 unspecified atom stereocenters. The molecule has 1 aliphatic heterocycles. The normalized spacial score (nSPS) is 18.3. The summed E-state index contributed by atoms with van der Waals surface area (Å²) in [7, 11) is 0. The number of carbonyl (C=O) groups is 1. The van der Waals surface area contributed by atoms with Gasteiger partial charge in [-0.05, 0) is 19.1 Å². The summed E-state index contributed by atoms with van der Waals surface area (Å²) >= 11 is 0. The number of benzene rings is 1. The first kappa shape index (κ1) is 15.0. The average molecular weight is 296 g/mol. The fourth-order valence-corrected chi connectivity index (χ4v) is 2.24. The summed E-state index contributed by atoms with van der Waals surface area (Å²) in [5.74, 6) is -0.901. The second-order valence-corrected chi connectivity index (χ2v) is 4.46. The van der Waals surface area contributed by atoms with Crippen LogP contribution in [0.4, 0.5) is 11.4 Å². The number of carboxylic acid groups (broad SMARTS) is 1. The van der Waals surface area contributed by atoms with Gasteiger partial charge in [-0.1, -0.05) is 6.07 Å². The Labute approximate surface area is 121 Å². The van der Waals surface area contributed by atoms with Gasteiger partial charge in [0.2, 0.25) is 0 Å². The van der Waals surface area contributed by atoms with Gasteiger partial charge < -0.3 is 19.5 Å². The Bertz CT molecular complexity index is 547. The van der Waals surface area contributed by atoms with Crippen molar-refractivity contribution in [3.05, 3.63) is 28.3 Å². The van der Waals surface area contributed by atoms with Crippen LogP contribution in [-0.2, 0) is 9.53 Å². The summed E-state index contributed by atoms with van der Waals surface area (Å²) in [4.78, 5) is 23.5. The molecule has 0 aliphatic carbocycles. The van der Waals surface area contributed by atoms with Crippen molar-refractivity contribution < 1.29 is 24.3 Å². The highest BCUT2D eigenvalue weighted by Crippen LogP contribution is 2.37. The van der Waals surface area contributed by atoms with E-state index in [2.05, 4.69) is 0 Å². The number of morpholine rings is 1. The van der Waals surface area contributed by atoms with Crippen molar-refractivity contribution in [2.24, 2.45) is 0 Å². The molecule has 1 saturated heterocycles. The molecule has 21 heavy (non-hydrogen) atoms. The molecule has 2 rings (SSSR count). The Morgan fingerprint density at radius 1 is 1.62 bits per heavy atom. The number of nitro benzene ring substituents is 1. The highest BCUT2D eigenvalue weighted by Gasteiger charge is 2.31. The zero-order valence-corrected chi connectivity index (χ0v) is 11.5. The van der Waals surface area contributed by atoms with Crippen LogP contribution in [0.3, 0.4) is 0 Å². The second-order valence-electron chi connectivity index (χ2n) is 4.46. The Morgan fingerprint density at radius 3 is 3.00 bits per heavy atom. The lowest BCUT2D eigenvalue weighted by Gasteiger charge is -2.32. The predicted molar refractivity (Wildman–Crippen MR) is 73.9 cm³/mol. The second kappa shape index (κ2) is 6.40. The number of nitro groups is 1. The first-order chi connectivity index (χ1) is 10.0. The first-order valence-corrected chi connectivity index (χ1v) is 6.54. The topological polar surface area (TPSA) is 102 Å². The Kier molecular flexibility index (Phi) is 4.59. The highest BCUT2D eigenvalue weighted by atomic mass is 16.6. The van der Waals surface area contributed by atoms with E-state index in [1.54, 1.807) is 24.0 Å². The molecule has 1 atom stereocenters. The van der Waals surface area contributed by atoms with Crippen molar-refractivity contribution in [2.45, 2.75) is 13.0 Å². The van der Waals surface area contributed by atoms with Crippen molar-refractivity contribution in [3.8, 4) is 5.75 Å². The van der Waals surface area contributed by atoms with Gasteiger partial charge in [-0.2, -0.15) is 0 Å². The largest absolute Gasteiger partial charge is 0.487 e. The van der Waals surface area contributed by atoms with Gasteiger partial charge in [-0.25, -0.2) is 4.79 Å². The predicted octanol–water partition coefficient (Wildman–Crippen LogP) is 1.28. The van der Waals surface area contributed by atoms with Crippen molar-refractivity contribution in [3.63, 3.8) is 0 Å². The van der Waals surface area contributed by atoms with Crippen LogP contribution in [0.1, 0.15) is 6.92 Å². The summed E-state index contributed by atoms with van der Waals surface area (Å²) in [6, 6.07) is 4.77. The quantitative estimate of drug-likeness (QED) is 0.645. The number of para-hydroxylation sites is 1. The molecule has 0 amide bonds. The van der Waals surface area contributed by atoms with Gasteiger partial charge in [-0.15, -0.1) is 0 Å². The third-order valence-corrected chi connectivity index (χ3v) is 3.14. The molecule has 114 valence electrons. The van der Waals surface area contributed by atoms with Gasteiger partial charge in [0.1, 0.15) is 5.69 Å². The van der Waals surface area contributed by atoms with Gasteiger partial charge in [0.05, 0.1) is 24.7 Å². The number of hydrogen-bond donors (Lipinski definition) is 1. The SMILES string of the molecule is CCOc1cccc(N2CCOC(C(=O)O)C2)c1[N+](=O)[O-]. The van der Waals surface area contributed by atoms with E-state index in [0.29, 0.717) is 18.8 Å². The number of anilines is 1. The third-order valence-electron chi connectivity index (χ3n) is 3.14. The monoisotopic (exact) mass is 296 g/mol. The van der Waals surface area contributed by atoms with Crippen LogP contribution >= 0.6 is 0 Å². The number of carboxylic acids is 1. The smallest absolute Gasteiger partial charge is 0.334 e. The van der Waals surface area contributed by atoms with E-state index in [9.17, 15) is 14.9 Å². The van der Waals surface area contributed by atoms with Crippen LogP contribution in [0, 0.1) is 10.1 Å². The lowest BCUT2D eigenvalue weighted by atomic mass is 10.2. The summed E-state index contributed by atoms with van der Waals surface area (Å²) in [5.41, 5.74) is 0.200. The van der Waals surface area contributed by atoms with Crippen LogP contribution in [0.25, 0.3) is 0 Å². The molecule has 1 fully saturated rings. The maximum absolute atomic E-state index is 11.3. The van der Waals surface area contributed by atoms with Crippen molar-refractivity contribution >= 4 is 17.3 Å². The molecule has 0 spiro atoms. The molecule has 0 radical (unpaired) electrons. The molecular formula is C13H16N2O6. The molecule has 8 heteroatoms. The lowest BCUT2D eigenvalue weighted by molar-refractivity contribution is -0.385. The van der Waals surface area contributed by atoms with E-state index in [-0.39, 0.29) is 24.6 Å². The van der Waals surface area contributed by atoms with Crippen molar-refractivity contribution in [1.29, 1.82) is 0 Å². The van der Waals surface area contributed by atoms with Crippen LogP contribution in [0.5, 0.6) is 5.75 Å². The molecule has 1 aromatic carbocycles. The van der Waals surface area contributed by atoms with E-state index >= 15 is 0 Å². The van der Waals surface area contributed by atoms with E-state index in [0.717, 1.165) is 0 Å². The number of nitrogens with zero attached hydrogens (tertiary/aromatic N) is 2. The highest BCUT2D eigenvalue weighted by molar-refractivity contribution is 5.75. The maximum Gasteiger partial charge on any atom is 0.334 e. The minimum Gasteiger partial charge on any atom is -0.487 e. The number of hydrogen-bond acceptors (Lipinski definition) is 6. The fraction of sp³-hybridized carbons (Fsp3) is 0.462. The van der Waals surface area contributed by atoms with E-state index in [4.69, 9.17) is 14.6 Å². The van der Waals surface area contributed by atoms with Gasteiger partial charge in [0, 0.05) is 6.54 Å². The van der Waals surface area contributed by atoms with Crippen molar-refractivity contribution in [1.82, 2.24) is 0 Å². The molecule has 8 nitrogen and oxygen atoms in total. The lowest BCUT2D eigenvalue weighted by Crippen LogP contribution is -2.46. The Balaban J connectivity index is 2.36. The van der Waals surface area contributed by atoms with Crippen LogP contribution in [0.2, 0.25) is 0 Å². The van der Waals surface area contributed by atoms with Gasteiger partial charge in [0.25, 0.3) is 0 Å². The first-order valence-electron chi connectivity index (χ1n) is 6.54. The van der Waals surface area contributed by atoms with Gasteiger partial charge in [-0.3, -0.25) is 10.1 Å². The van der Waals surface area contributed by atoms with Crippen LogP contribution in [-0.4, -0.2) is 48.4 Å². The molecule has 1 aromatic rings. The number of aliphatic carboxylic acids is 1. The molecule has 0 bridgehead atoms. The minimum absolute atomic E-state index is 0.0613. The fourth-order valence-electron chi connectivity index (χ4n) is 2.24. The standard InChI is InChI=1S/C13H16N2O6/c1-2-20-10-5-3-4-9(12(10)15(18)19)14-6-7-21-11(8-14)13(16)17/h3-5,11H,2,6-8H2,1H3,(H,16,17). The minimum atomic E-state index is -1.08. The summed E-state index contributed by atoms with van der Waals surface area (Å²) < 4.78 is 10.4. The van der Waals surface area contributed by atoms with E-state index < -0.39 is 17.0 Å². The van der Waals surface area contributed by atoms with Crippen molar-refractivity contribution in [2.75, 3.05) is 31.2 Å². The number of ether oxygens (including phenoxy) is 2. The van der Waals surface area contributed by atoms with E-state index in [1.165, 1.54) is 6.07 Å². The van der Waals surface area contributed by atoms with Gasteiger partial charge in [0.15, 0.2) is 11.9 Å². The summed E-state index contributed by atoms with van der Waals surface area (Å²) in [6.45, 7) is 2.70. The summed E-state index contributed by atoms with van der Waals surface area (Å²) in [6.07, 6.45) is -0.992. The van der Waals surface area contributed by atoms with Crippen LogP contribution < -0.4 is 9.64 Å². The molecule has 0 saturated carbocycles. The molecule has 0 aromatic heterocycles. The Morgan fingerprint density at radius 2 is 2.38 bits per heavy atom. The third kappa shape index (κ3) is 3.22. The van der Waals surface area contributed by atoms with E-state index in [1.807, 2.05) is 0 Å². The average Bonchev–Trinajstić information content (AvgIpc) is 2.47. The summed E-state index contributed by atoms with van der Waals surface area (Å²) in [5, 5.41) is 20.3. The van der Waals surface area contributed by atoms with Gasteiger partial charge >= 0.3 is 11.7 Å². The zero-order valence-electron chi connectivity index (χ0n) is 11.5. The molecule has 1 aliphatic rings. The molecule has 1 heterocycles. The maximum atomic E-state index is 11.3. The molecule has 1 N–H and O–H groups in total. The number of rotatable bonds is 5. The van der Waals surface area contributed by atoms with Crippen LogP contribution in [0.15, 0.2) is 18.2 Å². The Hall–Kier alpha value is -2.35. The molecular weight excluding hydrogens is 280 g/mol.